The number of hydrogen-bond donors (Lipinski definition) is 1. The van der Waals surface area contributed by atoms with Crippen molar-refractivity contribution in [1.82, 2.24) is 0 Å². The number of halogens is 1. The molecule has 0 atom stereocenters. The van der Waals surface area contributed by atoms with Gasteiger partial charge in [-0.25, -0.2) is 0 Å². The summed E-state index contributed by atoms with van der Waals surface area (Å²) in [5, 5.41) is 0. The fraction of sp³-hybridized carbons (Fsp3) is 0.538. The summed E-state index contributed by atoms with van der Waals surface area (Å²) in [5.74, 6) is 0. The SMILES string of the molecule is CCCCN(CC)c1cccc(Br)c1CN. The Morgan fingerprint density at radius 1 is 1.31 bits per heavy atom. The van der Waals surface area contributed by atoms with Crippen LogP contribution in [0.5, 0.6) is 0 Å². The largest absolute Gasteiger partial charge is 0.372 e. The van der Waals surface area contributed by atoms with Crippen LogP contribution in [0.4, 0.5) is 5.69 Å². The number of nitrogens with two attached hydrogens (primary N) is 1. The minimum absolute atomic E-state index is 0.583. The summed E-state index contributed by atoms with van der Waals surface area (Å²) in [6.07, 6.45) is 2.45. The van der Waals surface area contributed by atoms with E-state index in [-0.39, 0.29) is 0 Å². The predicted octanol–water partition coefficient (Wildman–Crippen LogP) is 3.53. The lowest BCUT2D eigenvalue weighted by atomic mass is 10.1. The molecule has 0 amide bonds. The minimum atomic E-state index is 0.583. The Balaban J connectivity index is 2.94. The molecule has 0 fully saturated rings. The van der Waals surface area contributed by atoms with Crippen molar-refractivity contribution in [3.63, 3.8) is 0 Å². The molecule has 0 radical (unpaired) electrons. The van der Waals surface area contributed by atoms with Crippen molar-refractivity contribution >= 4 is 21.6 Å². The molecule has 0 saturated carbocycles. The van der Waals surface area contributed by atoms with Gasteiger partial charge in [0, 0.05) is 35.4 Å². The maximum atomic E-state index is 5.82. The first-order chi connectivity index (χ1) is 7.74. The molecule has 0 aliphatic carbocycles. The monoisotopic (exact) mass is 284 g/mol. The van der Waals surface area contributed by atoms with Crippen molar-refractivity contribution in [3.05, 3.63) is 28.2 Å². The van der Waals surface area contributed by atoms with Crippen LogP contribution in [-0.2, 0) is 6.54 Å². The third kappa shape index (κ3) is 3.22. The standard InChI is InChI=1S/C13H21BrN2/c1-3-5-9-16(4-2)13-8-6-7-12(14)11(13)10-15/h6-8H,3-5,9-10,15H2,1-2H3. The molecule has 0 saturated heterocycles. The average molecular weight is 285 g/mol. The molecule has 1 aromatic rings. The highest BCUT2D eigenvalue weighted by molar-refractivity contribution is 9.10. The maximum Gasteiger partial charge on any atom is 0.0423 e. The van der Waals surface area contributed by atoms with Crippen LogP contribution >= 0.6 is 15.9 Å². The van der Waals surface area contributed by atoms with E-state index >= 15 is 0 Å². The Morgan fingerprint density at radius 2 is 2.06 bits per heavy atom. The summed E-state index contributed by atoms with van der Waals surface area (Å²) in [5.41, 5.74) is 8.30. The maximum absolute atomic E-state index is 5.82. The minimum Gasteiger partial charge on any atom is -0.372 e. The number of nitrogens with zero attached hydrogens (tertiary/aromatic N) is 1. The molecule has 1 aromatic carbocycles. The highest BCUT2D eigenvalue weighted by Crippen LogP contribution is 2.27. The second-order valence-corrected chi connectivity index (χ2v) is 4.73. The zero-order valence-corrected chi connectivity index (χ0v) is 11.8. The molecule has 1 rings (SSSR count). The zero-order chi connectivity index (χ0) is 12.0. The summed E-state index contributed by atoms with van der Waals surface area (Å²) in [6.45, 7) is 7.13. The fourth-order valence-electron chi connectivity index (χ4n) is 1.84. The summed E-state index contributed by atoms with van der Waals surface area (Å²) < 4.78 is 1.11. The molecule has 16 heavy (non-hydrogen) atoms. The van der Waals surface area contributed by atoms with Crippen LogP contribution in [0.25, 0.3) is 0 Å². The van der Waals surface area contributed by atoms with E-state index in [1.165, 1.54) is 24.1 Å². The van der Waals surface area contributed by atoms with E-state index in [2.05, 4.69) is 52.9 Å². The van der Waals surface area contributed by atoms with Crippen molar-refractivity contribution in [2.75, 3.05) is 18.0 Å². The molecule has 2 nitrogen and oxygen atoms in total. The van der Waals surface area contributed by atoms with Gasteiger partial charge in [-0.1, -0.05) is 35.3 Å². The van der Waals surface area contributed by atoms with Crippen molar-refractivity contribution in [2.45, 2.75) is 33.2 Å². The van der Waals surface area contributed by atoms with Gasteiger partial charge >= 0.3 is 0 Å². The van der Waals surface area contributed by atoms with Gasteiger partial charge in [-0.15, -0.1) is 0 Å². The molecule has 90 valence electrons. The van der Waals surface area contributed by atoms with Gasteiger partial charge in [-0.3, -0.25) is 0 Å². The molecule has 0 aliphatic rings. The van der Waals surface area contributed by atoms with Crippen molar-refractivity contribution in [2.24, 2.45) is 5.73 Å². The van der Waals surface area contributed by atoms with Crippen LogP contribution in [0.15, 0.2) is 22.7 Å². The Hall–Kier alpha value is -0.540. The second kappa shape index (κ2) is 6.92. The summed E-state index contributed by atoms with van der Waals surface area (Å²) in [4.78, 5) is 2.40. The van der Waals surface area contributed by atoms with Gasteiger partial charge in [-0.2, -0.15) is 0 Å². The number of unbranched alkanes of at least 4 members (excludes halogenated alkanes) is 1. The Kier molecular flexibility index (Phi) is 5.85. The Morgan fingerprint density at radius 3 is 2.62 bits per heavy atom. The molecule has 0 aliphatic heterocycles. The topological polar surface area (TPSA) is 29.3 Å². The molecule has 3 heteroatoms. The van der Waals surface area contributed by atoms with Crippen molar-refractivity contribution < 1.29 is 0 Å². The average Bonchev–Trinajstić information content (AvgIpc) is 2.30. The van der Waals surface area contributed by atoms with E-state index in [1.54, 1.807) is 0 Å². The molecule has 2 N–H and O–H groups in total. The van der Waals surface area contributed by atoms with Gasteiger partial charge in [0.2, 0.25) is 0 Å². The van der Waals surface area contributed by atoms with Gasteiger partial charge in [0.25, 0.3) is 0 Å². The van der Waals surface area contributed by atoms with E-state index < -0.39 is 0 Å². The predicted molar refractivity (Wildman–Crippen MR) is 74.8 cm³/mol. The lowest BCUT2D eigenvalue weighted by Gasteiger charge is -2.26. The summed E-state index contributed by atoms with van der Waals surface area (Å²) in [7, 11) is 0. The number of hydrogen-bond acceptors (Lipinski definition) is 2. The van der Waals surface area contributed by atoms with Crippen LogP contribution in [0.3, 0.4) is 0 Å². The van der Waals surface area contributed by atoms with E-state index in [1.807, 2.05) is 0 Å². The van der Waals surface area contributed by atoms with E-state index in [0.29, 0.717) is 6.54 Å². The van der Waals surface area contributed by atoms with E-state index in [9.17, 15) is 0 Å². The fourth-order valence-corrected chi connectivity index (χ4v) is 2.36. The lowest BCUT2D eigenvalue weighted by Crippen LogP contribution is -2.25. The molecule has 0 unspecified atom stereocenters. The van der Waals surface area contributed by atoms with Gasteiger partial charge in [0.15, 0.2) is 0 Å². The Bertz CT molecular complexity index is 326. The van der Waals surface area contributed by atoms with Crippen molar-refractivity contribution in [1.29, 1.82) is 0 Å². The first-order valence-corrected chi connectivity index (χ1v) is 6.76. The molecule has 0 bridgehead atoms. The number of anilines is 1. The first-order valence-electron chi connectivity index (χ1n) is 5.97. The van der Waals surface area contributed by atoms with Crippen LogP contribution in [0.2, 0.25) is 0 Å². The van der Waals surface area contributed by atoms with Gasteiger partial charge in [0.1, 0.15) is 0 Å². The normalized spacial score (nSPS) is 10.5. The Labute approximate surface area is 107 Å². The first kappa shape index (κ1) is 13.5. The van der Waals surface area contributed by atoms with Gasteiger partial charge < -0.3 is 10.6 Å². The van der Waals surface area contributed by atoms with Crippen LogP contribution in [-0.4, -0.2) is 13.1 Å². The van der Waals surface area contributed by atoms with Crippen molar-refractivity contribution in [3.8, 4) is 0 Å². The van der Waals surface area contributed by atoms with Crippen LogP contribution in [0, 0.1) is 0 Å². The molecular weight excluding hydrogens is 264 g/mol. The number of benzene rings is 1. The smallest absolute Gasteiger partial charge is 0.0423 e. The second-order valence-electron chi connectivity index (χ2n) is 3.87. The van der Waals surface area contributed by atoms with Gasteiger partial charge in [0.05, 0.1) is 0 Å². The highest BCUT2D eigenvalue weighted by atomic mass is 79.9. The zero-order valence-electron chi connectivity index (χ0n) is 10.2. The summed E-state index contributed by atoms with van der Waals surface area (Å²) in [6, 6.07) is 6.29. The van der Waals surface area contributed by atoms with E-state index in [0.717, 1.165) is 17.6 Å². The third-order valence-electron chi connectivity index (χ3n) is 2.80. The van der Waals surface area contributed by atoms with E-state index in [4.69, 9.17) is 5.73 Å². The summed E-state index contributed by atoms with van der Waals surface area (Å²) >= 11 is 3.57. The van der Waals surface area contributed by atoms with Crippen LogP contribution in [0.1, 0.15) is 32.3 Å². The van der Waals surface area contributed by atoms with Gasteiger partial charge in [-0.05, 0) is 25.5 Å². The number of rotatable bonds is 6. The van der Waals surface area contributed by atoms with Crippen LogP contribution < -0.4 is 10.6 Å². The molecular formula is C13H21BrN2. The molecule has 0 spiro atoms. The molecule has 0 aromatic heterocycles. The highest BCUT2D eigenvalue weighted by Gasteiger charge is 2.10. The lowest BCUT2D eigenvalue weighted by molar-refractivity contribution is 0.728. The molecule has 0 heterocycles. The quantitative estimate of drug-likeness (QED) is 0.866. The third-order valence-corrected chi connectivity index (χ3v) is 3.55.